The molecule has 0 spiro atoms. The van der Waals surface area contributed by atoms with Crippen LogP contribution in [0.25, 0.3) is 0 Å². The van der Waals surface area contributed by atoms with Crippen molar-refractivity contribution in [2.75, 3.05) is 19.8 Å². The highest BCUT2D eigenvalue weighted by Crippen LogP contribution is 2.37. The second-order valence-electron chi connectivity index (χ2n) is 6.12. The lowest BCUT2D eigenvalue weighted by Gasteiger charge is -2.14. The molecule has 1 aromatic rings. The number of azo groups is 1. The fraction of sp³-hybridized carbons (Fsp3) is 0.263. The first-order chi connectivity index (χ1) is 14.4. The number of hydrogen-bond donors (Lipinski definition) is 2. The summed E-state index contributed by atoms with van der Waals surface area (Å²) in [5.74, 6) is -3.35. The average Bonchev–Trinajstić information content (AvgIpc) is 3.09. The predicted molar refractivity (Wildman–Crippen MR) is 104 cm³/mol. The average molecular weight is 440 g/mol. The molecule has 0 unspecified atom stereocenters. The molecule has 3 rings (SSSR count). The van der Waals surface area contributed by atoms with E-state index in [1.165, 1.54) is 6.08 Å². The fourth-order valence-electron chi connectivity index (χ4n) is 2.58. The van der Waals surface area contributed by atoms with Gasteiger partial charge in [-0.05, 0) is 31.2 Å². The molecule has 7 nitrogen and oxygen atoms in total. The topological polar surface area (TPSA) is 87.4 Å². The zero-order valence-corrected chi connectivity index (χ0v) is 16.6. The fourth-order valence-corrected chi connectivity index (χ4v) is 2.75. The molecule has 30 heavy (non-hydrogen) atoms. The number of allylic oxidation sites excluding steroid dienone is 4. The van der Waals surface area contributed by atoms with E-state index >= 15 is 0 Å². The number of aliphatic imine (C=N–C) groups is 1. The number of amides is 1. The van der Waals surface area contributed by atoms with Crippen molar-refractivity contribution in [2.24, 2.45) is 15.2 Å². The second kappa shape index (κ2) is 9.68. The molecule has 0 aromatic heterocycles. The van der Waals surface area contributed by atoms with Gasteiger partial charge in [-0.2, -0.15) is 0 Å². The summed E-state index contributed by atoms with van der Waals surface area (Å²) in [5, 5.41) is 13.1. The van der Waals surface area contributed by atoms with E-state index in [-0.39, 0.29) is 41.9 Å². The maximum atomic E-state index is 13.9. The van der Waals surface area contributed by atoms with Crippen LogP contribution in [0.2, 0.25) is 0 Å². The third kappa shape index (κ3) is 5.14. The van der Waals surface area contributed by atoms with Gasteiger partial charge in [0.1, 0.15) is 5.83 Å². The summed E-state index contributed by atoms with van der Waals surface area (Å²) in [4.78, 5) is 16.6. The summed E-state index contributed by atoms with van der Waals surface area (Å²) >= 11 is 5.78. The molecule has 2 aliphatic rings. The van der Waals surface area contributed by atoms with Gasteiger partial charge in [-0.25, -0.2) is 13.2 Å². The van der Waals surface area contributed by atoms with Crippen LogP contribution in [-0.2, 0) is 4.74 Å². The highest BCUT2D eigenvalue weighted by molar-refractivity contribution is 6.31. The lowest BCUT2D eigenvalue weighted by molar-refractivity contribution is 0.0975. The van der Waals surface area contributed by atoms with Gasteiger partial charge in [-0.3, -0.25) is 15.1 Å². The third-order valence-electron chi connectivity index (χ3n) is 4.07. The molecule has 1 aliphatic heterocycles. The normalized spacial score (nSPS) is 16.0. The number of guanidine groups is 1. The van der Waals surface area contributed by atoms with Crippen LogP contribution in [0, 0.1) is 11.6 Å². The maximum Gasteiger partial charge on any atom is 0.258 e. The quantitative estimate of drug-likeness (QED) is 0.398. The van der Waals surface area contributed by atoms with Crippen LogP contribution in [0.5, 0.6) is 0 Å². The second-order valence-corrected chi connectivity index (χ2v) is 6.53. The number of nitrogens with zero attached hydrogens (tertiary/aromatic N) is 3. The molecule has 1 heterocycles. The zero-order valence-electron chi connectivity index (χ0n) is 15.8. The summed E-state index contributed by atoms with van der Waals surface area (Å²) in [5.41, 5.74) is 0.721. The van der Waals surface area contributed by atoms with E-state index in [1.54, 1.807) is 0 Å². The molecular weight excluding hydrogens is 423 g/mol. The number of carbonyl (C=O) groups is 1. The molecule has 1 aromatic carbocycles. The molecule has 0 saturated heterocycles. The van der Waals surface area contributed by atoms with E-state index in [0.29, 0.717) is 17.9 Å². The third-order valence-corrected chi connectivity index (χ3v) is 4.38. The van der Waals surface area contributed by atoms with Gasteiger partial charge < -0.3 is 10.1 Å². The van der Waals surface area contributed by atoms with Gasteiger partial charge in [0.15, 0.2) is 17.5 Å². The maximum absolute atomic E-state index is 13.9. The number of carbonyl (C=O) groups excluding carboxylic acids is 1. The Morgan fingerprint density at radius 3 is 2.80 bits per heavy atom. The summed E-state index contributed by atoms with van der Waals surface area (Å²) < 4.78 is 45.7. The number of benzene rings is 1. The first kappa shape index (κ1) is 21.7. The SMILES string of the molecule is CCOCCN=C(NC(=O)c1ccc(F)c(F)c1)NC1=C2CC(F)=C(Cl)C=C2N=N1. The molecule has 0 radical (unpaired) electrons. The van der Waals surface area contributed by atoms with E-state index in [0.717, 1.165) is 18.2 Å². The Hall–Kier alpha value is -2.98. The number of ether oxygens (including phenoxy) is 1. The minimum absolute atomic E-state index is 0.0341. The number of rotatable bonds is 6. The van der Waals surface area contributed by atoms with Crippen LogP contribution in [0.3, 0.4) is 0 Å². The van der Waals surface area contributed by atoms with Crippen LogP contribution in [0.1, 0.15) is 23.7 Å². The van der Waals surface area contributed by atoms with Gasteiger partial charge >= 0.3 is 0 Å². The smallest absolute Gasteiger partial charge is 0.258 e. The Morgan fingerprint density at radius 2 is 2.07 bits per heavy atom. The monoisotopic (exact) mass is 439 g/mol. The summed E-state index contributed by atoms with van der Waals surface area (Å²) in [6.45, 7) is 2.79. The molecule has 0 bridgehead atoms. The highest BCUT2D eigenvalue weighted by atomic mass is 35.5. The van der Waals surface area contributed by atoms with Crippen LogP contribution < -0.4 is 10.6 Å². The van der Waals surface area contributed by atoms with E-state index in [2.05, 4.69) is 25.9 Å². The Bertz CT molecular complexity index is 1020. The van der Waals surface area contributed by atoms with Crippen molar-refractivity contribution in [3.05, 3.63) is 69.4 Å². The Kier molecular flexibility index (Phi) is 7.01. The number of nitrogens with one attached hydrogen (secondary N) is 2. The number of fused-ring (bicyclic) bond motifs is 1. The molecule has 0 saturated carbocycles. The van der Waals surface area contributed by atoms with Crippen molar-refractivity contribution >= 4 is 23.5 Å². The van der Waals surface area contributed by atoms with Gasteiger partial charge in [-0.15, -0.1) is 10.2 Å². The van der Waals surface area contributed by atoms with Crippen molar-refractivity contribution in [3.63, 3.8) is 0 Å². The van der Waals surface area contributed by atoms with Crippen LogP contribution in [0.4, 0.5) is 13.2 Å². The Morgan fingerprint density at radius 1 is 1.27 bits per heavy atom. The van der Waals surface area contributed by atoms with Gasteiger partial charge in [0.25, 0.3) is 5.91 Å². The minimum atomic E-state index is -1.16. The predicted octanol–water partition coefficient (Wildman–Crippen LogP) is 4.06. The molecular formula is C19H17ClF3N5O2. The lowest BCUT2D eigenvalue weighted by atomic mass is 10.0. The van der Waals surface area contributed by atoms with Crippen LogP contribution in [-0.4, -0.2) is 31.6 Å². The summed E-state index contributed by atoms with van der Waals surface area (Å²) in [6.07, 6.45) is 1.23. The van der Waals surface area contributed by atoms with Gasteiger partial charge in [0, 0.05) is 24.2 Å². The Balaban J connectivity index is 1.79. The lowest BCUT2D eigenvalue weighted by Crippen LogP contribution is -2.41. The van der Waals surface area contributed by atoms with Crippen molar-refractivity contribution in [3.8, 4) is 0 Å². The van der Waals surface area contributed by atoms with Gasteiger partial charge in [0.2, 0.25) is 5.96 Å². The molecule has 158 valence electrons. The standard InChI is InChI=1S/C19H17ClF3N5O2/c1-2-30-6-5-24-19(26-18(29)10-3-4-13(21)15(23)7-10)25-17-11-8-14(22)12(20)9-16(11)27-28-17/h3-4,7,9H,2,5-6,8H2,1H3,(H2,24,25,26,29). The van der Waals surface area contributed by atoms with Crippen LogP contribution >= 0.6 is 11.6 Å². The summed E-state index contributed by atoms with van der Waals surface area (Å²) in [6, 6.07) is 2.74. The van der Waals surface area contributed by atoms with Crippen molar-refractivity contribution < 1.29 is 22.7 Å². The first-order valence-corrected chi connectivity index (χ1v) is 9.33. The molecule has 0 atom stereocenters. The van der Waals surface area contributed by atoms with Gasteiger partial charge in [0.05, 0.1) is 23.9 Å². The number of hydrogen-bond acceptors (Lipinski definition) is 5. The first-order valence-electron chi connectivity index (χ1n) is 8.95. The molecule has 11 heteroatoms. The molecule has 1 amide bonds. The van der Waals surface area contributed by atoms with Gasteiger partial charge in [-0.1, -0.05) is 11.6 Å². The molecule has 2 N–H and O–H groups in total. The zero-order chi connectivity index (χ0) is 21.7. The van der Waals surface area contributed by atoms with E-state index in [4.69, 9.17) is 16.3 Å². The van der Waals surface area contributed by atoms with E-state index < -0.39 is 23.4 Å². The van der Waals surface area contributed by atoms with E-state index in [1.807, 2.05) is 6.92 Å². The van der Waals surface area contributed by atoms with Crippen LogP contribution in [0.15, 0.2) is 67.4 Å². The van der Waals surface area contributed by atoms with Crippen molar-refractivity contribution in [1.82, 2.24) is 10.6 Å². The van der Waals surface area contributed by atoms with Crippen molar-refractivity contribution in [2.45, 2.75) is 13.3 Å². The largest absolute Gasteiger partial charge is 0.380 e. The molecule has 1 aliphatic carbocycles. The van der Waals surface area contributed by atoms with E-state index in [9.17, 15) is 18.0 Å². The number of halogens is 4. The highest BCUT2D eigenvalue weighted by Gasteiger charge is 2.26. The Labute approximate surface area is 175 Å². The minimum Gasteiger partial charge on any atom is -0.380 e. The van der Waals surface area contributed by atoms with Crippen molar-refractivity contribution in [1.29, 1.82) is 0 Å². The molecule has 0 fully saturated rings. The summed E-state index contributed by atoms with van der Waals surface area (Å²) in [7, 11) is 0.